The summed E-state index contributed by atoms with van der Waals surface area (Å²) in [6, 6.07) is 5.74. The number of hydrogen-bond donors (Lipinski definition) is 0. The fourth-order valence-corrected chi connectivity index (χ4v) is 1.77. The third-order valence-corrected chi connectivity index (χ3v) is 2.54. The number of halogens is 2. The quantitative estimate of drug-likeness (QED) is 0.687. The van der Waals surface area contributed by atoms with Gasteiger partial charge < -0.3 is 0 Å². The fourth-order valence-electron chi connectivity index (χ4n) is 1.11. The van der Waals surface area contributed by atoms with Gasteiger partial charge in [-0.3, -0.25) is 4.98 Å². The van der Waals surface area contributed by atoms with E-state index in [-0.39, 0.29) is 0 Å². The van der Waals surface area contributed by atoms with Gasteiger partial charge in [-0.1, -0.05) is 17.7 Å². The molecule has 0 saturated carbocycles. The molecule has 3 heteroatoms. The predicted molar refractivity (Wildman–Crippen MR) is 54.5 cm³/mol. The number of pyridine rings is 1. The maximum Gasteiger partial charge on any atom is 0.0437 e. The normalized spacial score (nSPS) is 10.5. The Morgan fingerprint density at radius 2 is 2.08 bits per heavy atom. The highest BCUT2D eigenvalue weighted by atomic mass is 79.9. The molecule has 0 saturated heterocycles. The second kappa shape index (κ2) is 3.04. The minimum absolute atomic E-state index is 0.738. The topological polar surface area (TPSA) is 12.9 Å². The summed E-state index contributed by atoms with van der Waals surface area (Å²) in [5, 5.41) is 2.92. The average molecular weight is 243 g/mol. The van der Waals surface area contributed by atoms with Crippen molar-refractivity contribution in [2.24, 2.45) is 0 Å². The van der Waals surface area contributed by atoms with E-state index >= 15 is 0 Å². The molecule has 0 spiro atoms. The number of rotatable bonds is 0. The van der Waals surface area contributed by atoms with E-state index in [4.69, 9.17) is 11.6 Å². The van der Waals surface area contributed by atoms with Crippen LogP contribution in [0.5, 0.6) is 0 Å². The summed E-state index contributed by atoms with van der Waals surface area (Å²) >= 11 is 9.24. The fraction of sp³-hybridized carbons (Fsp3) is 0. The molecule has 0 aliphatic carbocycles. The van der Waals surface area contributed by atoms with E-state index in [1.807, 2.05) is 18.2 Å². The highest BCUT2D eigenvalue weighted by Gasteiger charge is 1.97. The first-order chi connectivity index (χ1) is 5.77. The van der Waals surface area contributed by atoms with Crippen molar-refractivity contribution in [2.45, 2.75) is 0 Å². The van der Waals surface area contributed by atoms with Crippen LogP contribution in [0.25, 0.3) is 10.8 Å². The van der Waals surface area contributed by atoms with Crippen LogP contribution in [0.1, 0.15) is 0 Å². The average Bonchev–Trinajstić information content (AvgIpc) is 2.04. The van der Waals surface area contributed by atoms with Crippen molar-refractivity contribution >= 4 is 38.3 Å². The van der Waals surface area contributed by atoms with E-state index in [0.29, 0.717) is 0 Å². The minimum atomic E-state index is 0.738. The highest BCUT2D eigenvalue weighted by Crippen LogP contribution is 2.24. The van der Waals surface area contributed by atoms with Gasteiger partial charge in [-0.2, -0.15) is 0 Å². The summed E-state index contributed by atoms with van der Waals surface area (Å²) in [6.07, 6.45) is 3.57. The number of hydrogen-bond acceptors (Lipinski definition) is 1. The van der Waals surface area contributed by atoms with Gasteiger partial charge in [0.1, 0.15) is 0 Å². The summed E-state index contributed by atoms with van der Waals surface area (Å²) in [6.45, 7) is 0. The molecule has 0 aliphatic rings. The second-order valence-electron chi connectivity index (χ2n) is 2.49. The Labute approximate surface area is 83.5 Å². The summed E-state index contributed by atoms with van der Waals surface area (Å²) in [5.41, 5.74) is 0. The molecule has 0 radical (unpaired) electrons. The highest BCUT2D eigenvalue weighted by molar-refractivity contribution is 9.10. The number of nitrogens with zero attached hydrogens (tertiary/aromatic N) is 1. The molecule has 1 aromatic heterocycles. The Bertz CT molecular complexity index is 428. The van der Waals surface area contributed by atoms with Crippen LogP contribution >= 0.6 is 27.5 Å². The van der Waals surface area contributed by atoms with E-state index in [1.54, 1.807) is 12.4 Å². The largest absolute Gasteiger partial charge is 0.263 e. The van der Waals surface area contributed by atoms with Gasteiger partial charge in [-0.25, -0.2) is 0 Å². The van der Waals surface area contributed by atoms with Crippen molar-refractivity contribution in [2.75, 3.05) is 0 Å². The molecule has 0 fully saturated rings. The molecule has 2 aromatic rings. The van der Waals surface area contributed by atoms with Gasteiger partial charge in [0.25, 0.3) is 0 Å². The molecule has 12 heavy (non-hydrogen) atoms. The Morgan fingerprint density at radius 1 is 1.25 bits per heavy atom. The van der Waals surface area contributed by atoms with Gasteiger partial charge in [-0.05, 0) is 33.4 Å². The monoisotopic (exact) mass is 241 g/mol. The molecular formula is C9H5BrClN. The summed E-state index contributed by atoms with van der Waals surface area (Å²) in [4.78, 5) is 4.05. The predicted octanol–water partition coefficient (Wildman–Crippen LogP) is 3.65. The Hall–Kier alpha value is -0.600. The van der Waals surface area contributed by atoms with E-state index < -0.39 is 0 Å². The lowest BCUT2D eigenvalue weighted by atomic mass is 10.2. The van der Waals surface area contributed by atoms with Crippen LogP contribution in [0.15, 0.2) is 35.1 Å². The SMILES string of the molecule is Clc1ccc2c(Br)cncc2c1. The molecule has 0 bridgehead atoms. The molecule has 0 unspecified atom stereocenters. The Balaban J connectivity index is 2.86. The number of benzene rings is 1. The van der Waals surface area contributed by atoms with Crippen molar-refractivity contribution in [3.63, 3.8) is 0 Å². The zero-order chi connectivity index (χ0) is 8.55. The minimum Gasteiger partial charge on any atom is -0.263 e. The Kier molecular flexibility index (Phi) is 2.03. The molecule has 0 N–H and O–H groups in total. The van der Waals surface area contributed by atoms with Gasteiger partial charge in [0.05, 0.1) is 0 Å². The van der Waals surface area contributed by atoms with Gasteiger partial charge >= 0.3 is 0 Å². The van der Waals surface area contributed by atoms with Crippen LogP contribution in [-0.4, -0.2) is 4.98 Å². The molecule has 0 aliphatic heterocycles. The molecule has 0 amide bonds. The third-order valence-electron chi connectivity index (χ3n) is 1.67. The number of fused-ring (bicyclic) bond motifs is 1. The molecule has 2 rings (SSSR count). The first kappa shape index (κ1) is 8.02. The van der Waals surface area contributed by atoms with Gasteiger partial charge in [-0.15, -0.1) is 0 Å². The van der Waals surface area contributed by atoms with Crippen molar-refractivity contribution in [3.8, 4) is 0 Å². The standard InChI is InChI=1S/C9H5BrClN/c10-9-5-12-4-6-3-7(11)1-2-8(6)9/h1-5H. The van der Waals surface area contributed by atoms with Crippen LogP contribution in [-0.2, 0) is 0 Å². The summed E-state index contributed by atoms with van der Waals surface area (Å²) in [7, 11) is 0. The van der Waals surface area contributed by atoms with E-state index in [2.05, 4.69) is 20.9 Å². The van der Waals surface area contributed by atoms with Crippen molar-refractivity contribution in [1.29, 1.82) is 0 Å². The molecule has 0 atom stereocenters. The zero-order valence-electron chi connectivity index (χ0n) is 6.09. The van der Waals surface area contributed by atoms with E-state index in [9.17, 15) is 0 Å². The summed E-state index contributed by atoms with van der Waals surface area (Å²) < 4.78 is 0.997. The lowest BCUT2D eigenvalue weighted by Gasteiger charge is -1.98. The zero-order valence-corrected chi connectivity index (χ0v) is 8.43. The molecule has 1 nitrogen and oxygen atoms in total. The first-order valence-corrected chi connectivity index (χ1v) is 4.63. The van der Waals surface area contributed by atoms with Crippen molar-refractivity contribution < 1.29 is 0 Å². The third kappa shape index (κ3) is 1.32. The van der Waals surface area contributed by atoms with Crippen LogP contribution in [0.2, 0.25) is 5.02 Å². The molecular weight excluding hydrogens is 237 g/mol. The lowest BCUT2D eigenvalue weighted by molar-refractivity contribution is 1.35. The molecule has 1 aromatic carbocycles. The van der Waals surface area contributed by atoms with Crippen LogP contribution in [0.4, 0.5) is 0 Å². The maximum atomic E-state index is 5.83. The van der Waals surface area contributed by atoms with Crippen molar-refractivity contribution in [1.82, 2.24) is 4.98 Å². The second-order valence-corrected chi connectivity index (χ2v) is 3.78. The lowest BCUT2D eigenvalue weighted by Crippen LogP contribution is -1.77. The van der Waals surface area contributed by atoms with Crippen LogP contribution in [0.3, 0.4) is 0 Å². The molecule has 60 valence electrons. The maximum absolute atomic E-state index is 5.83. The smallest absolute Gasteiger partial charge is 0.0437 e. The van der Waals surface area contributed by atoms with E-state index in [1.165, 1.54) is 0 Å². The number of aromatic nitrogens is 1. The molecule has 1 heterocycles. The van der Waals surface area contributed by atoms with Gasteiger partial charge in [0, 0.05) is 27.3 Å². The van der Waals surface area contributed by atoms with Gasteiger partial charge in [0.15, 0.2) is 0 Å². The van der Waals surface area contributed by atoms with E-state index in [0.717, 1.165) is 20.3 Å². The van der Waals surface area contributed by atoms with Crippen LogP contribution in [0, 0.1) is 0 Å². The summed E-state index contributed by atoms with van der Waals surface area (Å²) in [5.74, 6) is 0. The van der Waals surface area contributed by atoms with Crippen LogP contribution < -0.4 is 0 Å². The van der Waals surface area contributed by atoms with Crippen molar-refractivity contribution in [3.05, 3.63) is 40.1 Å². The Morgan fingerprint density at radius 3 is 2.92 bits per heavy atom. The van der Waals surface area contributed by atoms with Gasteiger partial charge in [0.2, 0.25) is 0 Å². The first-order valence-electron chi connectivity index (χ1n) is 3.46.